The van der Waals surface area contributed by atoms with Gasteiger partial charge < -0.3 is 15.3 Å². The largest absolute Gasteiger partial charge is 0.396 e. The lowest BCUT2D eigenvalue weighted by atomic mass is 9.98. The summed E-state index contributed by atoms with van der Waals surface area (Å²) in [6, 6.07) is 11.3. The predicted octanol–water partition coefficient (Wildman–Crippen LogP) is 2.67. The molecule has 2 N–H and O–H groups in total. The van der Waals surface area contributed by atoms with Crippen LogP contribution >= 0.6 is 0 Å². The van der Waals surface area contributed by atoms with E-state index in [-0.39, 0.29) is 18.4 Å². The number of hydrogen-bond acceptors (Lipinski definition) is 4. The van der Waals surface area contributed by atoms with Crippen molar-refractivity contribution in [2.24, 2.45) is 5.92 Å². The van der Waals surface area contributed by atoms with Gasteiger partial charge in [0.05, 0.1) is 0 Å². The van der Waals surface area contributed by atoms with Crippen LogP contribution in [0.25, 0.3) is 0 Å². The highest BCUT2D eigenvalue weighted by Gasteiger charge is 2.23. The third-order valence-electron chi connectivity index (χ3n) is 4.17. The van der Waals surface area contributed by atoms with E-state index in [4.69, 9.17) is 0 Å². The molecule has 0 bridgehead atoms. The van der Waals surface area contributed by atoms with Crippen molar-refractivity contribution >= 4 is 17.3 Å². The molecule has 23 heavy (non-hydrogen) atoms. The van der Waals surface area contributed by atoms with Crippen LogP contribution < -0.4 is 5.32 Å². The number of carbonyl (C=O) groups excluding carboxylic acids is 1. The van der Waals surface area contributed by atoms with Gasteiger partial charge in [0.2, 0.25) is 0 Å². The van der Waals surface area contributed by atoms with Crippen molar-refractivity contribution in [2.45, 2.75) is 12.8 Å². The third kappa shape index (κ3) is 3.87. The fourth-order valence-electron chi connectivity index (χ4n) is 2.88. The molecule has 3 rings (SSSR count). The van der Waals surface area contributed by atoms with Crippen LogP contribution in [0.2, 0.25) is 0 Å². The standard InChI is InChI=1S/C18H21N3O2/c22-13-14-2-1-11-21(12-14)18(23)15-3-5-16(6-4-15)20-17-7-9-19-10-8-17/h3-10,14,22H,1-2,11-13H2,(H,19,20). The second kappa shape index (κ2) is 7.24. The summed E-state index contributed by atoms with van der Waals surface area (Å²) in [5.41, 5.74) is 2.57. The number of amides is 1. The van der Waals surface area contributed by atoms with Crippen LogP contribution in [-0.2, 0) is 0 Å². The van der Waals surface area contributed by atoms with Gasteiger partial charge in [-0.3, -0.25) is 9.78 Å². The number of anilines is 2. The first-order valence-corrected chi connectivity index (χ1v) is 7.93. The normalized spacial score (nSPS) is 17.8. The molecule has 5 nitrogen and oxygen atoms in total. The molecule has 1 aliphatic rings. The molecule has 0 spiro atoms. The van der Waals surface area contributed by atoms with Crippen molar-refractivity contribution in [2.75, 3.05) is 25.0 Å². The van der Waals surface area contributed by atoms with Gasteiger partial charge in [-0.15, -0.1) is 0 Å². The Kier molecular flexibility index (Phi) is 4.88. The first kappa shape index (κ1) is 15.5. The van der Waals surface area contributed by atoms with Gasteiger partial charge in [-0.05, 0) is 55.2 Å². The highest BCUT2D eigenvalue weighted by atomic mass is 16.3. The first-order chi connectivity index (χ1) is 11.3. The molecule has 1 aromatic heterocycles. The van der Waals surface area contributed by atoms with Crippen molar-refractivity contribution in [3.05, 3.63) is 54.4 Å². The van der Waals surface area contributed by atoms with Gasteiger partial charge >= 0.3 is 0 Å². The van der Waals surface area contributed by atoms with Crippen LogP contribution in [0.1, 0.15) is 23.2 Å². The maximum absolute atomic E-state index is 12.5. The number of hydrogen-bond donors (Lipinski definition) is 2. The molecule has 1 unspecified atom stereocenters. The van der Waals surface area contributed by atoms with Gasteiger partial charge in [0.1, 0.15) is 0 Å². The third-order valence-corrected chi connectivity index (χ3v) is 4.17. The number of rotatable bonds is 4. The summed E-state index contributed by atoms with van der Waals surface area (Å²) in [4.78, 5) is 18.4. The molecule has 1 aromatic carbocycles. The first-order valence-electron chi connectivity index (χ1n) is 7.93. The number of piperidine rings is 1. The van der Waals surface area contributed by atoms with Gasteiger partial charge in [0, 0.05) is 49.0 Å². The van der Waals surface area contributed by atoms with Gasteiger partial charge in [0.15, 0.2) is 0 Å². The van der Waals surface area contributed by atoms with E-state index in [1.54, 1.807) is 12.4 Å². The second-order valence-corrected chi connectivity index (χ2v) is 5.88. The van der Waals surface area contributed by atoms with E-state index in [9.17, 15) is 9.90 Å². The fourth-order valence-corrected chi connectivity index (χ4v) is 2.88. The lowest BCUT2D eigenvalue weighted by Gasteiger charge is -2.32. The Bertz CT molecular complexity index is 643. The number of aromatic nitrogens is 1. The summed E-state index contributed by atoms with van der Waals surface area (Å²) in [5.74, 6) is 0.249. The predicted molar refractivity (Wildman–Crippen MR) is 89.7 cm³/mol. The summed E-state index contributed by atoms with van der Waals surface area (Å²) in [5, 5.41) is 12.6. The number of nitrogens with zero attached hydrogens (tertiary/aromatic N) is 2. The van der Waals surface area contributed by atoms with Crippen LogP contribution in [0.5, 0.6) is 0 Å². The van der Waals surface area contributed by atoms with E-state index in [1.807, 2.05) is 41.3 Å². The molecule has 0 aliphatic carbocycles. The van der Waals surface area contributed by atoms with Crippen molar-refractivity contribution in [1.82, 2.24) is 9.88 Å². The highest BCUT2D eigenvalue weighted by Crippen LogP contribution is 2.20. The van der Waals surface area contributed by atoms with E-state index in [1.165, 1.54) is 0 Å². The molecular formula is C18H21N3O2. The topological polar surface area (TPSA) is 65.5 Å². The minimum absolute atomic E-state index is 0.0404. The van der Waals surface area contributed by atoms with E-state index in [0.29, 0.717) is 12.1 Å². The molecule has 1 saturated heterocycles. The lowest BCUT2D eigenvalue weighted by Crippen LogP contribution is -2.40. The van der Waals surface area contributed by atoms with Crippen LogP contribution in [0.3, 0.4) is 0 Å². The zero-order valence-electron chi connectivity index (χ0n) is 13.0. The number of aliphatic hydroxyl groups excluding tert-OH is 1. The minimum atomic E-state index is 0.0404. The smallest absolute Gasteiger partial charge is 0.253 e. The molecule has 1 aliphatic heterocycles. The second-order valence-electron chi connectivity index (χ2n) is 5.88. The van der Waals surface area contributed by atoms with Crippen LogP contribution in [0.15, 0.2) is 48.8 Å². The summed E-state index contributed by atoms with van der Waals surface area (Å²) in [6.07, 6.45) is 5.41. The Morgan fingerprint density at radius 1 is 1.17 bits per heavy atom. The molecule has 5 heteroatoms. The Hall–Kier alpha value is -2.40. The highest BCUT2D eigenvalue weighted by molar-refractivity contribution is 5.94. The Labute approximate surface area is 136 Å². The van der Waals surface area contributed by atoms with E-state index < -0.39 is 0 Å². The molecule has 0 radical (unpaired) electrons. The Morgan fingerprint density at radius 2 is 1.87 bits per heavy atom. The zero-order chi connectivity index (χ0) is 16.1. The van der Waals surface area contributed by atoms with Crippen LogP contribution in [-0.4, -0.2) is 40.6 Å². The van der Waals surface area contributed by atoms with Crippen LogP contribution in [0, 0.1) is 5.92 Å². The van der Waals surface area contributed by atoms with Crippen LogP contribution in [0.4, 0.5) is 11.4 Å². The minimum Gasteiger partial charge on any atom is -0.396 e. The van der Waals surface area contributed by atoms with Crippen molar-refractivity contribution in [1.29, 1.82) is 0 Å². The summed E-state index contributed by atoms with van der Waals surface area (Å²) >= 11 is 0. The molecule has 2 aromatic rings. The SMILES string of the molecule is O=C(c1ccc(Nc2ccncc2)cc1)N1CCCC(CO)C1. The molecule has 1 atom stereocenters. The average Bonchev–Trinajstić information content (AvgIpc) is 2.63. The number of carbonyl (C=O) groups is 1. The van der Waals surface area contributed by atoms with Gasteiger partial charge in [-0.1, -0.05) is 0 Å². The Morgan fingerprint density at radius 3 is 2.57 bits per heavy atom. The molecule has 0 saturated carbocycles. The molecule has 2 heterocycles. The van der Waals surface area contributed by atoms with Crippen molar-refractivity contribution < 1.29 is 9.90 Å². The Balaban J connectivity index is 1.65. The van der Waals surface area contributed by atoms with Gasteiger partial charge in [-0.25, -0.2) is 0 Å². The number of benzene rings is 1. The van der Waals surface area contributed by atoms with Crippen molar-refractivity contribution in [3.8, 4) is 0 Å². The monoisotopic (exact) mass is 311 g/mol. The summed E-state index contributed by atoms with van der Waals surface area (Å²) < 4.78 is 0. The fraction of sp³-hybridized carbons (Fsp3) is 0.333. The van der Waals surface area contributed by atoms with Crippen molar-refractivity contribution in [3.63, 3.8) is 0 Å². The van der Waals surface area contributed by atoms with E-state index in [2.05, 4.69) is 10.3 Å². The lowest BCUT2D eigenvalue weighted by molar-refractivity contribution is 0.0621. The van der Waals surface area contributed by atoms with Gasteiger partial charge in [-0.2, -0.15) is 0 Å². The number of aliphatic hydroxyl groups is 1. The summed E-state index contributed by atoms with van der Waals surface area (Å²) in [6.45, 7) is 1.57. The molecular weight excluding hydrogens is 290 g/mol. The summed E-state index contributed by atoms with van der Waals surface area (Å²) in [7, 11) is 0. The maximum atomic E-state index is 12.5. The molecule has 1 amide bonds. The van der Waals surface area contributed by atoms with Gasteiger partial charge in [0.25, 0.3) is 5.91 Å². The average molecular weight is 311 g/mol. The maximum Gasteiger partial charge on any atom is 0.253 e. The number of pyridine rings is 1. The quantitative estimate of drug-likeness (QED) is 0.911. The molecule has 120 valence electrons. The van der Waals surface area contributed by atoms with E-state index in [0.717, 1.165) is 30.8 Å². The number of nitrogens with one attached hydrogen (secondary N) is 1. The molecule has 1 fully saturated rings. The number of likely N-dealkylation sites (tertiary alicyclic amines) is 1. The van der Waals surface area contributed by atoms with E-state index >= 15 is 0 Å². The zero-order valence-corrected chi connectivity index (χ0v) is 13.0.